The van der Waals surface area contributed by atoms with E-state index < -0.39 is 0 Å². The summed E-state index contributed by atoms with van der Waals surface area (Å²) >= 11 is 0. The van der Waals surface area contributed by atoms with Gasteiger partial charge in [-0.15, -0.1) is 0 Å². The maximum Gasteiger partial charge on any atom is 0.247 e. The van der Waals surface area contributed by atoms with Crippen LogP contribution in [-0.4, -0.2) is 19.1 Å². The summed E-state index contributed by atoms with van der Waals surface area (Å²) < 4.78 is 5.20. The number of methoxy groups -OCH3 is 1. The topological polar surface area (TPSA) is 76.4 Å². The van der Waals surface area contributed by atoms with Crippen molar-refractivity contribution in [3.63, 3.8) is 0 Å². The number of amides is 1. The van der Waals surface area contributed by atoms with Crippen molar-refractivity contribution in [1.29, 1.82) is 0 Å². The molecule has 5 heteroatoms. The minimum absolute atomic E-state index is 0.0849. The summed E-state index contributed by atoms with van der Waals surface area (Å²) in [7, 11) is 1.64. The zero-order valence-corrected chi connectivity index (χ0v) is 18.4. The molecule has 1 aliphatic rings. The molecular formula is C26H31N3O2. The highest BCUT2D eigenvalue weighted by atomic mass is 16.5. The fraction of sp³-hybridized carbons (Fsp3) is 0.269. The van der Waals surface area contributed by atoms with E-state index in [0.717, 1.165) is 36.4 Å². The summed E-state index contributed by atoms with van der Waals surface area (Å²) in [6.45, 7) is 3.85. The zero-order valence-electron chi connectivity index (χ0n) is 18.4. The standard InChI is InChI=1S/C26H31N3O2/c1-4-7-23(28-22-10-12-25(31-3)13-11-22)17-21(27)14-18(2)26(30)29-24-15-19-8-5-6-9-20(19)16-24/h5-14,17,24,28H,4,15-16,27H2,1-3H3,(H,29,30)/b18-14+,21-17+,23-7-. The molecule has 5 nitrogen and oxygen atoms in total. The summed E-state index contributed by atoms with van der Waals surface area (Å²) in [5.74, 6) is 0.717. The summed E-state index contributed by atoms with van der Waals surface area (Å²) in [5.41, 5.74) is 11.8. The Hall–Kier alpha value is -3.47. The van der Waals surface area contributed by atoms with E-state index in [1.807, 2.05) is 42.5 Å². The SMILES string of the molecule is CC/C=C(/C=C(N)\C=C(/C)C(=O)NC1Cc2ccccc2C1)Nc1ccc(OC)cc1. The lowest BCUT2D eigenvalue weighted by atomic mass is 10.1. The molecule has 1 amide bonds. The van der Waals surface area contributed by atoms with E-state index in [0.29, 0.717) is 11.3 Å². The highest BCUT2D eigenvalue weighted by Gasteiger charge is 2.22. The van der Waals surface area contributed by atoms with Gasteiger partial charge in [-0.1, -0.05) is 37.3 Å². The first-order valence-electron chi connectivity index (χ1n) is 10.6. The number of nitrogens with two attached hydrogens (primary N) is 1. The molecule has 0 radical (unpaired) electrons. The Morgan fingerprint density at radius 2 is 1.74 bits per heavy atom. The van der Waals surface area contributed by atoms with Gasteiger partial charge in [0, 0.05) is 28.7 Å². The van der Waals surface area contributed by atoms with E-state index in [2.05, 4.69) is 35.8 Å². The Morgan fingerprint density at radius 3 is 2.32 bits per heavy atom. The van der Waals surface area contributed by atoms with Gasteiger partial charge in [0.1, 0.15) is 5.75 Å². The Labute approximate surface area is 184 Å². The third-order valence-electron chi connectivity index (χ3n) is 5.25. The minimum Gasteiger partial charge on any atom is -0.497 e. The third-order valence-corrected chi connectivity index (χ3v) is 5.25. The van der Waals surface area contributed by atoms with Gasteiger partial charge in [-0.2, -0.15) is 0 Å². The van der Waals surface area contributed by atoms with E-state index in [1.165, 1.54) is 11.1 Å². The molecule has 0 unspecified atom stereocenters. The first-order chi connectivity index (χ1) is 15.0. The monoisotopic (exact) mass is 417 g/mol. The average Bonchev–Trinajstić information content (AvgIpc) is 3.16. The highest BCUT2D eigenvalue weighted by molar-refractivity contribution is 5.93. The Balaban J connectivity index is 1.62. The number of carbonyl (C=O) groups is 1. The van der Waals surface area contributed by atoms with Crippen molar-refractivity contribution in [2.24, 2.45) is 5.73 Å². The molecule has 0 saturated carbocycles. The number of allylic oxidation sites excluding steroid dienone is 3. The molecule has 162 valence electrons. The first-order valence-corrected chi connectivity index (χ1v) is 10.6. The van der Waals surface area contributed by atoms with Gasteiger partial charge in [-0.3, -0.25) is 4.79 Å². The van der Waals surface area contributed by atoms with Crippen LogP contribution in [-0.2, 0) is 17.6 Å². The maximum atomic E-state index is 12.6. The van der Waals surface area contributed by atoms with Crippen molar-refractivity contribution < 1.29 is 9.53 Å². The van der Waals surface area contributed by atoms with Gasteiger partial charge in [0.25, 0.3) is 0 Å². The predicted molar refractivity (Wildman–Crippen MR) is 127 cm³/mol. The van der Waals surface area contributed by atoms with E-state index >= 15 is 0 Å². The molecule has 0 spiro atoms. The van der Waals surface area contributed by atoms with Crippen LogP contribution in [0.15, 0.2) is 83.7 Å². The second kappa shape index (κ2) is 10.5. The second-order valence-corrected chi connectivity index (χ2v) is 7.74. The number of hydrogen-bond acceptors (Lipinski definition) is 4. The van der Waals surface area contributed by atoms with Crippen LogP contribution in [0.1, 0.15) is 31.4 Å². The van der Waals surface area contributed by atoms with E-state index in [9.17, 15) is 4.79 Å². The predicted octanol–water partition coefficient (Wildman–Crippen LogP) is 4.47. The van der Waals surface area contributed by atoms with Crippen LogP contribution in [0, 0.1) is 0 Å². The Morgan fingerprint density at radius 1 is 1.10 bits per heavy atom. The van der Waals surface area contributed by atoms with E-state index in [-0.39, 0.29) is 11.9 Å². The maximum absolute atomic E-state index is 12.6. The summed E-state index contributed by atoms with van der Waals surface area (Å²) in [5, 5.41) is 6.48. The largest absolute Gasteiger partial charge is 0.497 e. The van der Waals surface area contributed by atoms with Crippen LogP contribution >= 0.6 is 0 Å². The highest BCUT2D eigenvalue weighted by Crippen LogP contribution is 2.22. The molecule has 0 atom stereocenters. The number of benzene rings is 2. The van der Waals surface area contributed by atoms with Crippen molar-refractivity contribution in [2.45, 2.75) is 39.2 Å². The first kappa shape index (κ1) is 22.2. The molecule has 4 N–H and O–H groups in total. The van der Waals surface area contributed by atoms with Crippen LogP contribution in [0.4, 0.5) is 5.69 Å². The van der Waals surface area contributed by atoms with Crippen LogP contribution in [0.25, 0.3) is 0 Å². The smallest absolute Gasteiger partial charge is 0.247 e. The molecule has 2 aromatic rings. The van der Waals surface area contributed by atoms with Crippen molar-refractivity contribution >= 4 is 11.6 Å². The molecule has 0 aliphatic heterocycles. The van der Waals surface area contributed by atoms with Gasteiger partial charge in [0.05, 0.1) is 7.11 Å². The summed E-state index contributed by atoms with van der Waals surface area (Å²) in [6.07, 6.45) is 8.21. The van der Waals surface area contributed by atoms with Crippen molar-refractivity contribution in [3.8, 4) is 5.75 Å². The summed E-state index contributed by atoms with van der Waals surface area (Å²) in [4.78, 5) is 12.6. The van der Waals surface area contributed by atoms with Gasteiger partial charge in [0.2, 0.25) is 5.91 Å². The number of hydrogen-bond donors (Lipinski definition) is 3. The number of fused-ring (bicyclic) bond motifs is 1. The van der Waals surface area contributed by atoms with E-state index in [1.54, 1.807) is 20.1 Å². The fourth-order valence-electron chi connectivity index (χ4n) is 3.70. The molecule has 0 heterocycles. The number of nitrogens with one attached hydrogen (secondary N) is 2. The van der Waals surface area contributed by atoms with Crippen molar-refractivity contribution in [2.75, 3.05) is 12.4 Å². The normalized spacial score (nSPS) is 14.9. The van der Waals surface area contributed by atoms with Gasteiger partial charge in [-0.05, 0) is 73.7 Å². The van der Waals surface area contributed by atoms with Gasteiger partial charge >= 0.3 is 0 Å². The molecule has 3 rings (SSSR count). The molecule has 0 saturated heterocycles. The average molecular weight is 418 g/mol. The molecule has 0 bridgehead atoms. The van der Waals surface area contributed by atoms with Gasteiger partial charge in [0.15, 0.2) is 0 Å². The molecule has 0 aromatic heterocycles. The molecular weight excluding hydrogens is 386 g/mol. The molecule has 1 aliphatic carbocycles. The van der Waals surface area contributed by atoms with E-state index in [4.69, 9.17) is 10.5 Å². The van der Waals surface area contributed by atoms with Gasteiger partial charge in [-0.25, -0.2) is 0 Å². The number of ether oxygens (including phenoxy) is 1. The Kier molecular flexibility index (Phi) is 7.55. The van der Waals surface area contributed by atoms with Crippen LogP contribution < -0.4 is 21.1 Å². The molecule has 0 fully saturated rings. The van der Waals surface area contributed by atoms with Crippen LogP contribution in [0.2, 0.25) is 0 Å². The summed E-state index contributed by atoms with van der Waals surface area (Å²) in [6, 6.07) is 16.2. The number of rotatable bonds is 8. The zero-order chi connectivity index (χ0) is 22.2. The third kappa shape index (κ3) is 6.25. The fourth-order valence-corrected chi connectivity index (χ4v) is 3.70. The number of carbonyl (C=O) groups excluding carboxylic acids is 1. The lowest BCUT2D eigenvalue weighted by molar-refractivity contribution is -0.118. The lowest BCUT2D eigenvalue weighted by Gasteiger charge is -2.13. The quantitative estimate of drug-likeness (QED) is 0.437. The second-order valence-electron chi connectivity index (χ2n) is 7.74. The molecule has 31 heavy (non-hydrogen) atoms. The molecule has 2 aromatic carbocycles. The van der Waals surface area contributed by atoms with Crippen LogP contribution in [0.3, 0.4) is 0 Å². The number of anilines is 1. The van der Waals surface area contributed by atoms with Crippen LogP contribution in [0.5, 0.6) is 5.75 Å². The Bertz CT molecular complexity index is 979. The minimum atomic E-state index is -0.0849. The van der Waals surface area contributed by atoms with Crippen molar-refractivity contribution in [3.05, 3.63) is 94.9 Å². The van der Waals surface area contributed by atoms with Gasteiger partial charge < -0.3 is 21.1 Å². The lowest BCUT2D eigenvalue weighted by Crippen LogP contribution is -2.35. The van der Waals surface area contributed by atoms with Crippen molar-refractivity contribution in [1.82, 2.24) is 5.32 Å².